The van der Waals surface area contributed by atoms with Crippen molar-refractivity contribution in [1.82, 2.24) is 0 Å². The maximum atomic E-state index is 9.18. The minimum atomic E-state index is -1.06. The van der Waals surface area contributed by atoms with Crippen molar-refractivity contribution < 1.29 is 9.84 Å². The number of allylic oxidation sites excluding steroid dienone is 2. The van der Waals surface area contributed by atoms with E-state index in [2.05, 4.69) is 0 Å². The summed E-state index contributed by atoms with van der Waals surface area (Å²) in [5, 5.41) is 8.53. The molecular formula is C8H10Cl2O2. The molecule has 0 saturated heterocycles. The zero-order chi connectivity index (χ0) is 9.19. The van der Waals surface area contributed by atoms with Crippen LogP contribution >= 0.6 is 23.2 Å². The highest BCUT2D eigenvalue weighted by molar-refractivity contribution is 6.39. The molecule has 1 atom stereocenters. The van der Waals surface area contributed by atoms with Gasteiger partial charge in [-0.2, -0.15) is 0 Å². The largest absolute Gasteiger partial charge is 0.512 e. The Morgan fingerprint density at radius 1 is 1.67 bits per heavy atom. The zero-order valence-corrected chi connectivity index (χ0v) is 8.19. The molecule has 12 heavy (non-hydrogen) atoms. The van der Waals surface area contributed by atoms with Gasteiger partial charge in [-0.15, -0.1) is 0 Å². The van der Waals surface area contributed by atoms with E-state index >= 15 is 0 Å². The van der Waals surface area contributed by atoms with Crippen molar-refractivity contribution in [3.8, 4) is 0 Å². The second kappa shape index (κ2) is 3.69. The zero-order valence-electron chi connectivity index (χ0n) is 6.68. The maximum Gasteiger partial charge on any atom is 0.184 e. The van der Waals surface area contributed by atoms with Crippen LogP contribution in [0, 0.1) is 0 Å². The van der Waals surface area contributed by atoms with Gasteiger partial charge in [0, 0.05) is 6.61 Å². The number of hydrogen-bond acceptors (Lipinski definition) is 2. The Balaban J connectivity index is 2.80. The number of alkyl halides is 1. The molecule has 1 unspecified atom stereocenters. The molecular weight excluding hydrogens is 199 g/mol. The number of aliphatic hydroxyl groups is 1. The Bertz CT molecular complexity index is 235. The quantitative estimate of drug-likeness (QED) is 0.708. The molecule has 4 heteroatoms. The third-order valence-electron chi connectivity index (χ3n) is 1.56. The van der Waals surface area contributed by atoms with Crippen molar-refractivity contribution in [2.75, 3.05) is 6.61 Å². The van der Waals surface area contributed by atoms with Crippen LogP contribution < -0.4 is 0 Å². The highest BCUT2D eigenvalue weighted by Gasteiger charge is 2.34. The summed E-state index contributed by atoms with van der Waals surface area (Å²) in [5.41, 5.74) is 0. The molecule has 0 spiro atoms. The summed E-state index contributed by atoms with van der Waals surface area (Å²) < 4.78 is 5.22. The van der Waals surface area contributed by atoms with Crippen LogP contribution in [-0.4, -0.2) is 16.8 Å². The van der Waals surface area contributed by atoms with E-state index in [-0.39, 0.29) is 12.2 Å². The van der Waals surface area contributed by atoms with Gasteiger partial charge in [-0.25, -0.2) is 0 Å². The van der Waals surface area contributed by atoms with Crippen LogP contribution in [-0.2, 0) is 4.74 Å². The molecule has 1 aliphatic rings. The smallest absolute Gasteiger partial charge is 0.184 e. The van der Waals surface area contributed by atoms with Gasteiger partial charge < -0.3 is 9.84 Å². The summed E-state index contributed by atoms with van der Waals surface area (Å²) in [6.45, 7) is 2.28. The van der Waals surface area contributed by atoms with Crippen molar-refractivity contribution >= 4 is 23.2 Å². The first-order chi connectivity index (χ1) is 5.58. The van der Waals surface area contributed by atoms with Gasteiger partial charge in [0.2, 0.25) is 0 Å². The van der Waals surface area contributed by atoms with Gasteiger partial charge in [0.05, 0.1) is 17.2 Å². The lowest BCUT2D eigenvalue weighted by atomic mass is 10.1. The number of halogens is 2. The fourth-order valence-electron chi connectivity index (χ4n) is 1.02. The van der Waals surface area contributed by atoms with Crippen molar-refractivity contribution in [1.29, 1.82) is 0 Å². The van der Waals surface area contributed by atoms with Crippen molar-refractivity contribution in [3.05, 3.63) is 22.9 Å². The Hall–Kier alpha value is -0.180. The minimum absolute atomic E-state index is 0.183. The monoisotopic (exact) mass is 208 g/mol. The molecule has 0 radical (unpaired) electrons. The molecule has 1 aliphatic carbocycles. The third kappa shape index (κ3) is 1.94. The lowest BCUT2D eigenvalue weighted by Gasteiger charge is -2.28. The van der Waals surface area contributed by atoms with Crippen molar-refractivity contribution in [2.24, 2.45) is 0 Å². The van der Waals surface area contributed by atoms with E-state index in [1.165, 1.54) is 6.08 Å². The normalized spacial score (nSPS) is 29.6. The summed E-state index contributed by atoms with van der Waals surface area (Å²) in [6, 6.07) is 0. The molecule has 0 aliphatic heterocycles. The standard InChI is InChI=1S/C8H10Cl2O2/c1-2-12-8(10)5-6(11)3-4-7(8)9/h3-4,11H,2,5H2,1H3. The van der Waals surface area contributed by atoms with Crippen molar-refractivity contribution in [3.63, 3.8) is 0 Å². The minimum Gasteiger partial charge on any atom is -0.512 e. The summed E-state index contributed by atoms with van der Waals surface area (Å²) in [5.74, 6) is 0.183. The first-order valence-corrected chi connectivity index (χ1v) is 4.43. The van der Waals surface area contributed by atoms with Gasteiger partial charge in [0.15, 0.2) is 5.06 Å². The molecule has 1 N–H and O–H groups in total. The van der Waals surface area contributed by atoms with E-state index in [0.717, 1.165) is 0 Å². The molecule has 0 aromatic rings. The van der Waals surface area contributed by atoms with Crippen molar-refractivity contribution in [2.45, 2.75) is 18.4 Å². The average Bonchev–Trinajstić information content (AvgIpc) is 1.98. The van der Waals surface area contributed by atoms with E-state index in [0.29, 0.717) is 11.6 Å². The maximum absolute atomic E-state index is 9.18. The molecule has 0 aromatic carbocycles. The Labute approximate surface area is 81.4 Å². The second-order valence-electron chi connectivity index (χ2n) is 2.51. The Morgan fingerprint density at radius 2 is 2.33 bits per heavy atom. The van der Waals surface area contributed by atoms with Crippen LogP contribution in [0.15, 0.2) is 22.9 Å². The first kappa shape index (κ1) is 9.90. The van der Waals surface area contributed by atoms with Crippen LogP contribution in [0.25, 0.3) is 0 Å². The predicted molar refractivity (Wildman–Crippen MR) is 49.5 cm³/mol. The summed E-state index contributed by atoms with van der Waals surface area (Å²) in [6.07, 6.45) is 3.28. The van der Waals surface area contributed by atoms with E-state index in [1.54, 1.807) is 6.08 Å². The molecule has 2 nitrogen and oxygen atoms in total. The number of hydrogen-bond donors (Lipinski definition) is 1. The Kier molecular flexibility index (Phi) is 3.04. The van der Waals surface area contributed by atoms with E-state index in [4.69, 9.17) is 27.9 Å². The lowest BCUT2D eigenvalue weighted by molar-refractivity contribution is 0.0515. The van der Waals surface area contributed by atoms with Crippen LogP contribution in [0.5, 0.6) is 0 Å². The molecule has 68 valence electrons. The van der Waals surface area contributed by atoms with Gasteiger partial charge in [-0.3, -0.25) is 0 Å². The summed E-state index contributed by atoms with van der Waals surface area (Å²) in [7, 11) is 0. The third-order valence-corrected chi connectivity index (χ3v) is 2.53. The van der Waals surface area contributed by atoms with Gasteiger partial charge in [0.25, 0.3) is 0 Å². The fourth-order valence-corrected chi connectivity index (χ4v) is 1.51. The second-order valence-corrected chi connectivity index (χ2v) is 3.53. The first-order valence-electron chi connectivity index (χ1n) is 3.67. The molecule has 0 aromatic heterocycles. The predicted octanol–water partition coefficient (Wildman–Crippen LogP) is 2.93. The topological polar surface area (TPSA) is 29.5 Å². The molecule has 1 rings (SSSR count). The SMILES string of the molecule is CCOC1(Cl)CC(O)=CC=C1Cl. The fraction of sp³-hybridized carbons (Fsp3) is 0.500. The highest BCUT2D eigenvalue weighted by Crippen LogP contribution is 2.38. The Morgan fingerprint density at radius 3 is 2.92 bits per heavy atom. The highest BCUT2D eigenvalue weighted by atomic mass is 35.5. The van der Waals surface area contributed by atoms with E-state index in [1.807, 2.05) is 6.92 Å². The lowest BCUT2D eigenvalue weighted by Crippen LogP contribution is -2.28. The van der Waals surface area contributed by atoms with Crippen LogP contribution in [0.4, 0.5) is 0 Å². The molecule has 0 fully saturated rings. The van der Waals surface area contributed by atoms with Crippen LogP contribution in [0.3, 0.4) is 0 Å². The number of ether oxygens (including phenoxy) is 1. The van der Waals surface area contributed by atoms with Gasteiger partial charge in [0.1, 0.15) is 0 Å². The average molecular weight is 209 g/mol. The summed E-state index contributed by atoms with van der Waals surface area (Å²) in [4.78, 5) is 0. The molecule has 0 bridgehead atoms. The number of aliphatic hydroxyl groups excluding tert-OH is 1. The van der Waals surface area contributed by atoms with E-state index in [9.17, 15) is 5.11 Å². The van der Waals surface area contributed by atoms with Gasteiger partial charge in [-0.05, 0) is 19.1 Å². The van der Waals surface area contributed by atoms with Gasteiger partial charge >= 0.3 is 0 Å². The van der Waals surface area contributed by atoms with Gasteiger partial charge in [-0.1, -0.05) is 23.2 Å². The van der Waals surface area contributed by atoms with Crippen LogP contribution in [0.1, 0.15) is 13.3 Å². The summed E-state index contributed by atoms with van der Waals surface area (Å²) >= 11 is 11.8. The van der Waals surface area contributed by atoms with E-state index < -0.39 is 5.06 Å². The molecule has 0 amide bonds. The van der Waals surface area contributed by atoms with Crippen LogP contribution in [0.2, 0.25) is 0 Å². The number of rotatable bonds is 2. The molecule has 0 saturated carbocycles. The molecule has 0 heterocycles.